The van der Waals surface area contributed by atoms with E-state index in [0.29, 0.717) is 12.0 Å². The first-order valence-corrected chi connectivity index (χ1v) is 22.1. The Morgan fingerprint density at radius 2 is 1.38 bits per heavy atom. The molecule has 15 N–H and O–H groups in total. The Balaban J connectivity index is 1.75. The predicted octanol–water partition coefficient (Wildman–Crippen LogP) is -3.65. The van der Waals surface area contributed by atoms with Crippen molar-refractivity contribution in [1.82, 2.24) is 47.1 Å². The largest absolute Gasteiger partial charge is 0.481 e. The number of rotatable bonds is 27. The van der Waals surface area contributed by atoms with Crippen molar-refractivity contribution in [3.63, 3.8) is 0 Å². The zero-order chi connectivity index (χ0) is 50.8. The molecule has 0 radical (unpaired) electrons. The molecule has 25 heteroatoms. The summed E-state index contributed by atoms with van der Waals surface area (Å²) in [7, 11) is 0. The number of para-hydroxylation sites is 1. The summed E-state index contributed by atoms with van der Waals surface area (Å²) in [5.74, 6) is -10.3. The third-order valence-electron chi connectivity index (χ3n) is 10.9. The molecule has 374 valence electrons. The van der Waals surface area contributed by atoms with E-state index in [1.807, 2.05) is 6.07 Å². The number of carbonyl (C=O) groups excluding carboxylic acids is 9. The van der Waals surface area contributed by atoms with Crippen LogP contribution in [0.1, 0.15) is 78.2 Å². The molecule has 1 fully saturated rings. The van der Waals surface area contributed by atoms with E-state index in [1.54, 1.807) is 38.2 Å². The van der Waals surface area contributed by atoms with Crippen LogP contribution >= 0.6 is 0 Å². The van der Waals surface area contributed by atoms with Gasteiger partial charge in [0.1, 0.15) is 48.3 Å². The Kier molecular flexibility index (Phi) is 21.3. The minimum Gasteiger partial charge on any atom is -0.481 e. The number of nitrogens with zero attached hydrogens (tertiary/aromatic N) is 1. The lowest BCUT2D eigenvalue weighted by Crippen LogP contribution is -2.58. The molecule has 2 heterocycles. The van der Waals surface area contributed by atoms with Gasteiger partial charge in [-0.05, 0) is 63.5 Å². The summed E-state index contributed by atoms with van der Waals surface area (Å²) in [5.41, 5.74) is 12.4. The Hall–Kier alpha value is -7.15. The number of carboxylic acids is 2. The lowest BCUT2D eigenvalue weighted by atomic mass is 10.0. The van der Waals surface area contributed by atoms with Gasteiger partial charge in [-0.3, -0.25) is 52.7 Å². The monoisotopic (exact) mass is 957 g/mol. The van der Waals surface area contributed by atoms with E-state index in [1.165, 1.54) is 6.92 Å². The molecule has 1 aliphatic rings. The van der Waals surface area contributed by atoms with Gasteiger partial charge >= 0.3 is 11.9 Å². The number of aliphatic carboxylic acids is 2. The lowest BCUT2D eigenvalue weighted by molar-refractivity contribution is -0.143. The Bertz CT molecular complexity index is 2180. The summed E-state index contributed by atoms with van der Waals surface area (Å²) in [6.07, 6.45) is 0.510. The molecule has 0 aliphatic carbocycles. The lowest BCUT2D eigenvalue weighted by Gasteiger charge is -2.29. The van der Waals surface area contributed by atoms with Crippen LogP contribution in [-0.4, -0.2) is 158 Å². The van der Waals surface area contributed by atoms with Gasteiger partial charge in [0.15, 0.2) is 0 Å². The molecule has 0 unspecified atom stereocenters. The van der Waals surface area contributed by atoms with E-state index in [0.717, 1.165) is 22.7 Å². The molecular weight excluding hydrogens is 895 g/mol. The maximum absolute atomic E-state index is 14.0. The topological polar surface area (TPSA) is 404 Å². The van der Waals surface area contributed by atoms with E-state index in [2.05, 4.69) is 42.2 Å². The van der Waals surface area contributed by atoms with E-state index in [9.17, 15) is 57.8 Å². The van der Waals surface area contributed by atoms with Crippen molar-refractivity contribution in [2.45, 2.75) is 127 Å². The number of aromatic amines is 1. The van der Waals surface area contributed by atoms with Gasteiger partial charge in [0.25, 0.3) is 0 Å². The number of fused-ring (bicyclic) bond motifs is 1. The van der Waals surface area contributed by atoms with Gasteiger partial charge in [-0.15, -0.1) is 0 Å². The van der Waals surface area contributed by atoms with Crippen LogP contribution in [0.2, 0.25) is 0 Å². The molecule has 8 atom stereocenters. The smallest absolute Gasteiger partial charge is 0.325 e. The predicted molar refractivity (Wildman–Crippen MR) is 240 cm³/mol. The zero-order valence-electron chi connectivity index (χ0n) is 38.3. The van der Waals surface area contributed by atoms with Crippen molar-refractivity contribution in [2.75, 3.05) is 19.7 Å². The fraction of sp³-hybridized carbons (Fsp3) is 0.558. The first-order valence-electron chi connectivity index (χ1n) is 22.1. The number of H-pyrrole nitrogens is 1. The molecule has 68 heavy (non-hydrogen) atoms. The molecule has 3 rings (SSSR count). The summed E-state index contributed by atoms with van der Waals surface area (Å²) < 4.78 is 0. The summed E-state index contributed by atoms with van der Waals surface area (Å²) in [5, 5.41) is 45.5. The van der Waals surface area contributed by atoms with Crippen LogP contribution in [0.15, 0.2) is 30.5 Å². The highest BCUT2D eigenvalue weighted by Gasteiger charge is 2.39. The molecule has 0 bridgehead atoms. The van der Waals surface area contributed by atoms with Crippen molar-refractivity contribution in [2.24, 2.45) is 17.4 Å². The maximum atomic E-state index is 14.0. The zero-order valence-corrected chi connectivity index (χ0v) is 38.3. The number of carboxylic acid groups (broad SMARTS) is 2. The summed E-state index contributed by atoms with van der Waals surface area (Å²) in [4.78, 5) is 146. The first kappa shape index (κ1) is 55.2. The summed E-state index contributed by atoms with van der Waals surface area (Å²) >= 11 is 0. The standard InChI is InChI=1S/C43H63N11O14/c1-21(2)16-30(52-37(61)26(44)20-55)40(64)53-31(17-24-18-46-27-9-6-5-8-25(24)27)38(62)47-19-34(57)50-29(11-13-33(45)56)42(66)54-15-7-10-32(54)41(65)48-22(3)36(60)51-28(12-14-35(58)59)39(63)49-23(4)43(67)68/h5-6,8-9,18,21-23,26,28-32,46,55H,7,10-17,19-20,44H2,1-4H3,(H2,45,56)(H,47,62)(H,48,65)(H,49,63)(H,50,57)(H,51,60)(H,52,61)(H,53,64)(H,58,59)(H,67,68)/t22-,23-,26-,28-,29-,30-,31-,32-/m0/s1. The quantitative estimate of drug-likeness (QED) is 0.0411. The van der Waals surface area contributed by atoms with Crippen molar-refractivity contribution < 1.29 is 68.1 Å². The van der Waals surface area contributed by atoms with Crippen LogP contribution in [0.3, 0.4) is 0 Å². The maximum Gasteiger partial charge on any atom is 0.325 e. The fourth-order valence-electron chi connectivity index (χ4n) is 7.23. The number of nitrogens with two attached hydrogens (primary N) is 2. The number of aliphatic hydroxyl groups is 1. The molecule has 1 aromatic carbocycles. The SMILES string of the molecule is CC(C)C[C@H](NC(=O)[C@@H](N)CO)C(=O)N[C@@H](Cc1c[nH]c2ccccc12)C(=O)NCC(=O)N[C@@H](CCC(N)=O)C(=O)N1CCC[C@H]1C(=O)N[C@@H](C)C(=O)N[C@@H](CCC(=O)O)C(=O)N[C@@H](C)C(=O)O. The number of benzene rings is 1. The molecule has 9 amide bonds. The average Bonchev–Trinajstić information content (AvgIpc) is 3.94. The second-order valence-electron chi connectivity index (χ2n) is 16.9. The van der Waals surface area contributed by atoms with Gasteiger partial charge in [-0.2, -0.15) is 0 Å². The van der Waals surface area contributed by atoms with E-state index < -0.39 is 139 Å². The fourth-order valence-corrected chi connectivity index (χ4v) is 7.23. The first-order chi connectivity index (χ1) is 32.0. The highest BCUT2D eigenvalue weighted by Crippen LogP contribution is 2.21. The molecule has 25 nitrogen and oxygen atoms in total. The Morgan fingerprint density at radius 1 is 0.750 bits per heavy atom. The second-order valence-corrected chi connectivity index (χ2v) is 16.9. The number of carbonyl (C=O) groups is 11. The molecule has 1 saturated heterocycles. The normalized spacial score (nSPS) is 16.5. The van der Waals surface area contributed by atoms with Crippen LogP contribution < -0.4 is 48.7 Å². The van der Waals surface area contributed by atoms with Gasteiger partial charge in [0.2, 0.25) is 53.2 Å². The third-order valence-corrected chi connectivity index (χ3v) is 10.9. The molecule has 2 aromatic rings. The van der Waals surface area contributed by atoms with Crippen LogP contribution in [0.4, 0.5) is 0 Å². The van der Waals surface area contributed by atoms with Gasteiger partial charge in [0, 0.05) is 42.9 Å². The van der Waals surface area contributed by atoms with Crippen LogP contribution in [0.5, 0.6) is 0 Å². The van der Waals surface area contributed by atoms with Crippen molar-refractivity contribution in [1.29, 1.82) is 0 Å². The molecule has 0 saturated carbocycles. The molecular formula is C43H63N11O14. The van der Waals surface area contributed by atoms with Crippen LogP contribution in [0.25, 0.3) is 10.9 Å². The van der Waals surface area contributed by atoms with Crippen molar-refractivity contribution in [3.8, 4) is 0 Å². The molecule has 1 aliphatic heterocycles. The van der Waals surface area contributed by atoms with Crippen LogP contribution in [-0.2, 0) is 59.2 Å². The molecule has 0 spiro atoms. The van der Waals surface area contributed by atoms with E-state index in [-0.39, 0.29) is 44.6 Å². The number of nitrogens with one attached hydrogen (secondary N) is 8. The number of hydrogen-bond donors (Lipinski definition) is 13. The number of aliphatic hydroxyl groups excluding tert-OH is 1. The number of primary amides is 1. The highest BCUT2D eigenvalue weighted by molar-refractivity contribution is 5.98. The molecule has 1 aromatic heterocycles. The van der Waals surface area contributed by atoms with Crippen molar-refractivity contribution in [3.05, 3.63) is 36.0 Å². The minimum atomic E-state index is -1.48. The summed E-state index contributed by atoms with van der Waals surface area (Å²) in [6, 6.07) is -3.40. The van der Waals surface area contributed by atoms with Crippen molar-refractivity contribution >= 4 is 76.0 Å². The average molecular weight is 958 g/mol. The Morgan fingerprint density at radius 3 is 2.01 bits per heavy atom. The summed E-state index contributed by atoms with van der Waals surface area (Å²) in [6.45, 7) is 4.65. The number of hydrogen-bond acceptors (Lipinski definition) is 13. The minimum absolute atomic E-state index is 0.0236. The highest BCUT2D eigenvalue weighted by atomic mass is 16.4. The van der Waals surface area contributed by atoms with Gasteiger partial charge in [-0.1, -0.05) is 32.0 Å². The number of aromatic nitrogens is 1. The van der Waals surface area contributed by atoms with Gasteiger partial charge in [0.05, 0.1) is 13.2 Å². The number of amides is 9. The Labute approximate surface area is 391 Å². The van der Waals surface area contributed by atoms with Gasteiger partial charge < -0.3 is 73.9 Å². The third kappa shape index (κ3) is 16.9. The van der Waals surface area contributed by atoms with Crippen LogP contribution in [0, 0.1) is 5.92 Å². The number of likely N-dealkylation sites (tertiary alicyclic amines) is 1. The second kappa shape index (κ2) is 26.3. The van der Waals surface area contributed by atoms with E-state index >= 15 is 0 Å². The van der Waals surface area contributed by atoms with E-state index in [4.69, 9.17) is 21.7 Å². The van der Waals surface area contributed by atoms with Gasteiger partial charge in [-0.25, -0.2) is 0 Å².